The monoisotopic (exact) mass is 504 g/mol. The van der Waals surface area contributed by atoms with Gasteiger partial charge < -0.3 is 14.8 Å². The first-order chi connectivity index (χ1) is 17.7. The van der Waals surface area contributed by atoms with E-state index in [2.05, 4.69) is 15.8 Å². The Hall–Kier alpha value is -5.06. The lowest BCUT2D eigenvalue weighted by Gasteiger charge is -2.09. The number of anilines is 1. The highest BCUT2D eigenvalue weighted by Crippen LogP contribution is 2.24. The molecule has 3 aromatic carbocycles. The maximum Gasteiger partial charge on any atom is 0.343 e. The van der Waals surface area contributed by atoms with Crippen molar-refractivity contribution in [2.45, 2.75) is 13.8 Å². The molecule has 0 aliphatic carbocycles. The van der Waals surface area contributed by atoms with E-state index in [1.165, 1.54) is 43.5 Å². The van der Waals surface area contributed by atoms with E-state index in [1.807, 2.05) is 0 Å². The number of rotatable bonds is 9. The minimum absolute atomic E-state index is 0.00154. The summed E-state index contributed by atoms with van der Waals surface area (Å²) in [5.74, 6) is -1.15. The molecule has 2 N–H and O–H groups in total. The van der Waals surface area contributed by atoms with Crippen LogP contribution >= 0.6 is 0 Å². The van der Waals surface area contributed by atoms with Crippen LogP contribution in [0.15, 0.2) is 71.8 Å². The van der Waals surface area contributed by atoms with Crippen LogP contribution in [0.25, 0.3) is 0 Å². The second kappa shape index (κ2) is 12.1. The summed E-state index contributed by atoms with van der Waals surface area (Å²) in [7, 11) is 1.46. The maximum atomic E-state index is 12.6. The van der Waals surface area contributed by atoms with Crippen LogP contribution in [0.1, 0.15) is 40.1 Å². The van der Waals surface area contributed by atoms with Crippen LogP contribution in [0.3, 0.4) is 0 Å². The summed E-state index contributed by atoms with van der Waals surface area (Å²) in [6.07, 6.45) is 1.14. The van der Waals surface area contributed by atoms with Crippen molar-refractivity contribution in [3.05, 3.63) is 93.5 Å². The third kappa shape index (κ3) is 7.21. The first-order valence-electron chi connectivity index (χ1n) is 11.1. The molecule has 11 nitrogen and oxygen atoms in total. The number of amides is 2. The highest BCUT2D eigenvalue weighted by atomic mass is 16.6. The number of carbonyl (C=O) groups is 3. The summed E-state index contributed by atoms with van der Waals surface area (Å²) in [4.78, 5) is 47.4. The van der Waals surface area contributed by atoms with Crippen molar-refractivity contribution in [1.82, 2.24) is 5.43 Å². The molecule has 0 saturated carbocycles. The Bertz CT molecular complexity index is 1350. The maximum absolute atomic E-state index is 12.6. The quantitative estimate of drug-likeness (QED) is 0.146. The predicted molar refractivity (Wildman–Crippen MR) is 136 cm³/mol. The molecule has 0 saturated heterocycles. The third-order valence-electron chi connectivity index (χ3n) is 5.02. The molecule has 0 radical (unpaired) electrons. The number of ether oxygens (including phenoxy) is 2. The predicted octanol–water partition coefficient (Wildman–Crippen LogP) is 4.18. The summed E-state index contributed by atoms with van der Waals surface area (Å²) in [5, 5.41) is 17.8. The number of nitrogens with zero attached hydrogens (tertiary/aromatic N) is 2. The smallest absolute Gasteiger partial charge is 0.343 e. The van der Waals surface area contributed by atoms with Gasteiger partial charge in [0.2, 0.25) is 5.91 Å². The Balaban J connectivity index is 1.74. The van der Waals surface area contributed by atoms with Gasteiger partial charge in [-0.15, -0.1) is 0 Å². The van der Waals surface area contributed by atoms with E-state index < -0.39 is 16.8 Å². The molecule has 0 heterocycles. The van der Waals surface area contributed by atoms with Gasteiger partial charge in [0.1, 0.15) is 11.5 Å². The lowest BCUT2D eigenvalue weighted by Crippen LogP contribution is -2.19. The van der Waals surface area contributed by atoms with Crippen LogP contribution in [0.4, 0.5) is 11.4 Å². The minimum Gasteiger partial charge on any atom is -0.497 e. The zero-order valence-corrected chi connectivity index (χ0v) is 20.3. The zero-order valence-electron chi connectivity index (χ0n) is 20.3. The number of methoxy groups -OCH3 is 1. The van der Waals surface area contributed by atoms with Crippen molar-refractivity contribution in [2.24, 2.45) is 11.0 Å². The van der Waals surface area contributed by atoms with Gasteiger partial charge in [-0.25, -0.2) is 10.2 Å². The van der Waals surface area contributed by atoms with E-state index in [0.29, 0.717) is 11.4 Å². The van der Waals surface area contributed by atoms with Crippen molar-refractivity contribution in [1.29, 1.82) is 0 Å². The average molecular weight is 504 g/mol. The number of non-ortho nitro benzene ring substituents is 1. The van der Waals surface area contributed by atoms with Crippen LogP contribution in [0.2, 0.25) is 0 Å². The molecule has 3 aromatic rings. The fraction of sp³-hybridized carbons (Fsp3) is 0.154. The van der Waals surface area contributed by atoms with Crippen molar-refractivity contribution in [2.75, 3.05) is 12.4 Å². The minimum atomic E-state index is -0.712. The highest BCUT2D eigenvalue weighted by Gasteiger charge is 2.16. The SMILES string of the molecule is COc1cccc(C(=O)Oc2ccc([N+](=O)[O-])cc2/C=N/NC(=O)c2ccc(NC(=O)C(C)C)cc2)c1. The van der Waals surface area contributed by atoms with E-state index in [-0.39, 0.29) is 40.0 Å². The van der Waals surface area contributed by atoms with Gasteiger partial charge in [-0.1, -0.05) is 19.9 Å². The number of nitro groups is 1. The Morgan fingerprint density at radius 2 is 1.73 bits per heavy atom. The largest absolute Gasteiger partial charge is 0.497 e. The van der Waals surface area contributed by atoms with Crippen molar-refractivity contribution in [3.8, 4) is 11.5 Å². The molecule has 0 spiro atoms. The van der Waals surface area contributed by atoms with Crippen LogP contribution in [0.5, 0.6) is 11.5 Å². The molecule has 0 fully saturated rings. The van der Waals surface area contributed by atoms with Gasteiger partial charge in [0, 0.05) is 34.9 Å². The lowest BCUT2D eigenvalue weighted by molar-refractivity contribution is -0.384. The molecule has 2 amide bonds. The number of hydrazone groups is 1. The number of esters is 1. The topological polar surface area (TPSA) is 149 Å². The van der Waals surface area contributed by atoms with Gasteiger partial charge in [-0.3, -0.25) is 19.7 Å². The fourth-order valence-electron chi connectivity index (χ4n) is 2.97. The van der Waals surface area contributed by atoms with Crippen LogP contribution in [-0.2, 0) is 4.79 Å². The fourth-order valence-corrected chi connectivity index (χ4v) is 2.97. The molecule has 0 aromatic heterocycles. The third-order valence-corrected chi connectivity index (χ3v) is 5.02. The average Bonchev–Trinajstić information content (AvgIpc) is 2.89. The first-order valence-corrected chi connectivity index (χ1v) is 11.1. The van der Waals surface area contributed by atoms with Crippen molar-refractivity contribution >= 4 is 35.4 Å². The molecule has 0 aliphatic heterocycles. The van der Waals surface area contributed by atoms with E-state index in [4.69, 9.17) is 9.47 Å². The summed E-state index contributed by atoms with van der Waals surface area (Å²) in [6.45, 7) is 3.53. The molecule has 3 rings (SSSR count). The number of nitrogens with one attached hydrogen (secondary N) is 2. The molecule has 0 atom stereocenters. The molecular formula is C26H24N4O7. The zero-order chi connectivity index (χ0) is 26.9. The molecule has 37 heavy (non-hydrogen) atoms. The second-order valence-electron chi connectivity index (χ2n) is 8.02. The Labute approximate surface area is 212 Å². The lowest BCUT2D eigenvalue weighted by atomic mass is 10.1. The van der Waals surface area contributed by atoms with Crippen molar-refractivity contribution < 1.29 is 28.8 Å². The number of hydrogen-bond acceptors (Lipinski definition) is 8. The Morgan fingerprint density at radius 1 is 1.00 bits per heavy atom. The number of carbonyl (C=O) groups excluding carboxylic acids is 3. The summed E-state index contributed by atoms with van der Waals surface area (Å²) in [5.41, 5.74) is 3.17. The highest BCUT2D eigenvalue weighted by molar-refractivity contribution is 5.97. The van der Waals surface area contributed by atoms with Crippen molar-refractivity contribution in [3.63, 3.8) is 0 Å². The summed E-state index contributed by atoms with van der Waals surface area (Å²) >= 11 is 0. The van der Waals surface area contributed by atoms with Gasteiger partial charge in [0.05, 0.1) is 23.8 Å². The van der Waals surface area contributed by atoms with E-state index in [9.17, 15) is 24.5 Å². The van der Waals surface area contributed by atoms with Gasteiger partial charge in [0.25, 0.3) is 11.6 Å². The summed E-state index contributed by atoms with van der Waals surface area (Å²) in [6, 6.07) is 16.1. The van der Waals surface area contributed by atoms with Gasteiger partial charge in [-0.2, -0.15) is 5.10 Å². The molecule has 190 valence electrons. The molecule has 0 aliphatic rings. The van der Waals surface area contributed by atoms with E-state index in [0.717, 1.165) is 12.3 Å². The molecule has 0 unspecified atom stereocenters. The standard InChI is InChI=1S/C26H24N4O7/c1-16(2)24(31)28-20-9-7-17(8-10-20)25(32)29-27-15-19-13-21(30(34)35)11-12-23(19)37-26(33)18-5-4-6-22(14-18)36-3/h4-16H,1-3H3,(H,28,31)(H,29,32)/b27-15+. The van der Waals surface area contributed by atoms with Crippen LogP contribution in [-0.4, -0.2) is 36.0 Å². The Morgan fingerprint density at radius 3 is 2.38 bits per heavy atom. The summed E-state index contributed by atoms with van der Waals surface area (Å²) < 4.78 is 10.5. The molecular weight excluding hydrogens is 480 g/mol. The molecule has 0 bridgehead atoms. The number of nitro benzene ring substituents is 1. The van der Waals surface area contributed by atoms with Gasteiger partial charge in [-0.05, 0) is 48.5 Å². The van der Waals surface area contributed by atoms with E-state index >= 15 is 0 Å². The number of hydrogen-bond donors (Lipinski definition) is 2. The number of benzene rings is 3. The van der Waals surface area contributed by atoms with Gasteiger partial charge >= 0.3 is 5.97 Å². The Kier molecular flexibility index (Phi) is 8.66. The van der Waals surface area contributed by atoms with E-state index in [1.54, 1.807) is 38.1 Å². The van der Waals surface area contributed by atoms with Gasteiger partial charge in [0.15, 0.2) is 0 Å². The molecule has 11 heteroatoms. The van der Waals surface area contributed by atoms with Crippen LogP contribution in [0, 0.1) is 16.0 Å². The van der Waals surface area contributed by atoms with Crippen LogP contribution < -0.4 is 20.2 Å². The first kappa shape index (κ1) is 26.5. The normalized spacial score (nSPS) is 10.7. The second-order valence-corrected chi connectivity index (χ2v) is 8.02.